The normalized spacial score (nSPS) is 11.3. The van der Waals surface area contributed by atoms with E-state index >= 15 is 0 Å². The van der Waals surface area contributed by atoms with Crippen LogP contribution >= 0.6 is 11.3 Å². The summed E-state index contributed by atoms with van der Waals surface area (Å²) in [6.07, 6.45) is 13.0. The minimum Gasteiger partial charge on any atom is -0.236 e. The second-order valence-electron chi connectivity index (χ2n) is 7.64. The Kier molecular flexibility index (Phi) is 7.89. The van der Waals surface area contributed by atoms with Crippen LogP contribution in [0.15, 0.2) is 42.5 Å². The van der Waals surface area contributed by atoms with E-state index in [0.29, 0.717) is 0 Å². The third-order valence-electron chi connectivity index (χ3n) is 5.29. The Morgan fingerprint density at radius 2 is 1.33 bits per heavy atom. The van der Waals surface area contributed by atoms with Crippen LogP contribution in [-0.2, 0) is 12.8 Å². The molecule has 0 saturated carbocycles. The van der Waals surface area contributed by atoms with Crippen molar-refractivity contribution in [2.75, 3.05) is 0 Å². The van der Waals surface area contributed by atoms with E-state index in [1.807, 2.05) is 11.3 Å². The number of rotatable bonds is 11. The van der Waals surface area contributed by atoms with Gasteiger partial charge in [-0.2, -0.15) is 0 Å². The van der Waals surface area contributed by atoms with Crippen molar-refractivity contribution >= 4 is 21.6 Å². The second-order valence-corrected chi connectivity index (χ2v) is 8.67. The van der Waals surface area contributed by atoms with Crippen LogP contribution < -0.4 is 0 Å². The van der Waals surface area contributed by atoms with Gasteiger partial charge in [-0.05, 0) is 48.9 Å². The minimum atomic E-state index is 1.14. The van der Waals surface area contributed by atoms with Crippen LogP contribution in [0.1, 0.15) is 76.3 Å². The smallest absolute Gasteiger partial charge is 0.124 e. The van der Waals surface area contributed by atoms with Crippen molar-refractivity contribution in [2.45, 2.75) is 78.1 Å². The molecule has 27 heavy (non-hydrogen) atoms. The lowest BCUT2D eigenvalue weighted by atomic mass is 10.0. The highest BCUT2D eigenvalue weighted by Crippen LogP contribution is 2.31. The molecule has 1 heterocycles. The summed E-state index contributed by atoms with van der Waals surface area (Å²) in [6, 6.07) is 15.9. The third kappa shape index (κ3) is 5.90. The van der Waals surface area contributed by atoms with Gasteiger partial charge in [-0.1, -0.05) is 82.7 Å². The SMILES string of the molecule is CCCCCCc1ccc(-c2nc3ccc(CCCCCC)cc3s2)cc1. The maximum Gasteiger partial charge on any atom is 0.124 e. The second kappa shape index (κ2) is 10.6. The van der Waals surface area contributed by atoms with E-state index in [-0.39, 0.29) is 0 Å². The summed E-state index contributed by atoms with van der Waals surface area (Å²) >= 11 is 1.83. The molecule has 0 radical (unpaired) electrons. The van der Waals surface area contributed by atoms with Crippen LogP contribution in [0.4, 0.5) is 0 Å². The van der Waals surface area contributed by atoms with Crippen molar-refractivity contribution in [3.8, 4) is 10.6 Å². The van der Waals surface area contributed by atoms with E-state index in [0.717, 1.165) is 10.5 Å². The van der Waals surface area contributed by atoms with Gasteiger partial charge in [0.05, 0.1) is 10.2 Å². The average Bonchev–Trinajstić information content (AvgIpc) is 3.12. The summed E-state index contributed by atoms with van der Waals surface area (Å²) in [5.41, 5.74) is 5.29. The van der Waals surface area contributed by atoms with Gasteiger partial charge in [0.15, 0.2) is 0 Å². The van der Waals surface area contributed by atoms with Gasteiger partial charge in [-0.25, -0.2) is 4.98 Å². The summed E-state index contributed by atoms with van der Waals surface area (Å²) in [6.45, 7) is 4.53. The third-order valence-corrected chi connectivity index (χ3v) is 6.36. The number of benzene rings is 2. The van der Waals surface area contributed by atoms with Gasteiger partial charge in [0, 0.05) is 5.56 Å². The summed E-state index contributed by atoms with van der Waals surface area (Å²) < 4.78 is 1.32. The minimum absolute atomic E-state index is 1.14. The van der Waals surface area contributed by atoms with Gasteiger partial charge in [0.1, 0.15) is 5.01 Å². The fourth-order valence-electron chi connectivity index (χ4n) is 3.57. The number of aryl methyl sites for hydroxylation is 2. The number of unbranched alkanes of at least 4 members (excludes halogenated alkanes) is 6. The van der Waals surface area contributed by atoms with Crippen LogP contribution in [0.5, 0.6) is 0 Å². The molecular weight excluding hydrogens is 346 g/mol. The van der Waals surface area contributed by atoms with E-state index < -0.39 is 0 Å². The molecule has 2 aromatic carbocycles. The molecule has 0 amide bonds. The number of thiazole rings is 1. The lowest BCUT2D eigenvalue weighted by Gasteiger charge is -2.02. The van der Waals surface area contributed by atoms with E-state index in [1.165, 1.54) is 85.6 Å². The Labute approximate surface area is 168 Å². The van der Waals surface area contributed by atoms with E-state index in [2.05, 4.69) is 56.3 Å². The Bertz CT molecular complexity index is 816. The zero-order valence-electron chi connectivity index (χ0n) is 17.0. The van der Waals surface area contributed by atoms with Gasteiger partial charge >= 0.3 is 0 Å². The number of hydrogen-bond acceptors (Lipinski definition) is 2. The lowest BCUT2D eigenvalue weighted by molar-refractivity contribution is 0.667. The summed E-state index contributed by atoms with van der Waals surface area (Å²) in [4.78, 5) is 4.87. The number of aromatic nitrogens is 1. The van der Waals surface area contributed by atoms with Crippen LogP contribution in [0, 0.1) is 0 Å². The number of nitrogens with zero attached hydrogens (tertiary/aromatic N) is 1. The van der Waals surface area contributed by atoms with Crippen molar-refractivity contribution < 1.29 is 0 Å². The van der Waals surface area contributed by atoms with Gasteiger partial charge in [0.2, 0.25) is 0 Å². The molecule has 144 valence electrons. The molecule has 2 heteroatoms. The molecule has 0 aliphatic rings. The van der Waals surface area contributed by atoms with E-state index in [9.17, 15) is 0 Å². The fourth-order valence-corrected chi connectivity index (χ4v) is 4.61. The first kappa shape index (κ1) is 20.1. The zero-order valence-corrected chi connectivity index (χ0v) is 17.8. The van der Waals surface area contributed by atoms with Crippen molar-refractivity contribution in [1.82, 2.24) is 4.98 Å². The van der Waals surface area contributed by atoms with Crippen molar-refractivity contribution in [2.24, 2.45) is 0 Å². The van der Waals surface area contributed by atoms with Gasteiger partial charge in [-0.15, -0.1) is 11.3 Å². The highest BCUT2D eigenvalue weighted by molar-refractivity contribution is 7.21. The predicted octanol–water partition coefficient (Wildman–Crippen LogP) is 8.21. The number of fused-ring (bicyclic) bond motifs is 1. The van der Waals surface area contributed by atoms with Crippen molar-refractivity contribution in [1.29, 1.82) is 0 Å². The Morgan fingerprint density at radius 1 is 0.704 bits per heavy atom. The van der Waals surface area contributed by atoms with Crippen molar-refractivity contribution in [3.63, 3.8) is 0 Å². The summed E-state index contributed by atoms with van der Waals surface area (Å²) in [7, 11) is 0. The molecule has 0 spiro atoms. The van der Waals surface area contributed by atoms with Crippen LogP contribution in [-0.4, -0.2) is 4.98 Å². The first-order chi connectivity index (χ1) is 13.3. The molecule has 0 atom stereocenters. The predicted molar refractivity (Wildman–Crippen MR) is 121 cm³/mol. The molecule has 0 aliphatic heterocycles. The Morgan fingerprint density at radius 3 is 2.00 bits per heavy atom. The summed E-state index contributed by atoms with van der Waals surface area (Å²) in [5, 5.41) is 1.14. The molecule has 1 nitrogen and oxygen atoms in total. The first-order valence-corrected chi connectivity index (χ1v) is 11.6. The highest BCUT2D eigenvalue weighted by atomic mass is 32.1. The quantitative estimate of drug-likeness (QED) is 0.306. The number of hydrogen-bond donors (Lipinski definition) is 0. The maximum atomic E-state index is 4.87. The molecular formula is C25H33NS. The molecule has 0 bridgehead atoms. The van der Waals surface area contributed by atoms with Crippen LogP contribution in [0.2, 0.25) is 0 Å². The Hall–Kier alpha value is -1.67. The van der Waals surface area contributed by atoms with Gasteiger partial charge in [-0.3, -0.25) is 0 Å². The standard InChI is InChI=1S/C25H33NS/c1-3-5-7-9-11-20-13-16-22(17-14-20)25-26-23-18-15-21(19-24(23)27-25)12-10-8-6-4-2/h13-19H,3-12H2,1-2H3. The molecule has 3 rings (SSSR count). The average molecular weight is 380 g/mol. The molecule has 0 fully saturated rings. The molecule has 0 unspecified atom stereocenters. The topological polar surface area (TPSA) is 12.9 Å². The molecule has 3 aromatic rings. The maximum absolute atomic E-state index is 4.87. The van der Waals surface area contributed by atoms with Gasteiger partial charge in [0.25, 0.3) is 0 Å². The zero-order chi connectivity index (χ0) is 18.9. The van der Waals surface area contributed by atoms with Crippen LogP contribution in [0.25, 0.3) is 20.8 Å². The molecule has 0 N–H and O–H groups in total. The van der Waals surface area contributed by atoms with E-state index in [4.69, 9.17) is 4.98 Å². The first-order valence-electron chi connectivity index (χ1n) is 10.8. The lowest BCUT2D eigenvalue weighted by Crippen LogP contribution is -1.86. The highest BCUT2D eigenvalue weighted by Gasteiger charge is 2.07. The monoisotopic (exact) mass is 379 g/mol. The van der Waals surface area contributed by atoms with Gasteiger partial charge < -0.3 is 0 Å². The molecule has 1 aromatic heterocycles. The van der Waals surface area contributed by atoms with Crippen molar-refractivity contribution in [3.05, 3.63) is 53.6 Å². The van der Waals surface area contributed by atoms with E-state index in [1.54, 1.807) is 0 Å². The molecule has 0 saturated heterocycles. The Balaban J connectivity index is 1.64. The fraction of sp³-hybridized carbons (Fsp3) is 0.480. The van der Waals surface area contributed by atoms with Crippen LogP contribution in [0.3, 0.4) is 0 Å². The molecule has 0 aliphatic carbocycles. The largest absolute Gasteiger partial charge is 0.236 e. The summed E-state index contributed by atoms with van der Waals surface area (Å²) in [5.74, 6) is 0.